The number of carbonyl (C=O) groups excluding carboxylic acids is 1. The van der Waals surface area contributed by atoms with Gasteiger partial charge < -0.3 is 4.74 Å². The van der Waals surface area contributed by atoms with Crippen LogP contribution in [0.15, 0.2) is 18.2 Å². The number of hydrogen-bond acceptors (Lipinski definition) is 2. The zero-order valence-electron chi connectivity index (χ0n) is 9.42. The molecule has 17 heavy (non-hydrogen) atoms. The second-order valence-corrected chi connectivity index (χ2v) is 4.22. The number of hydrogen-bond donors (Lipinski definition) is 0. The van der Waals surface area contributed by atoms with Gasteiger partial charge in [0.25, 0.3) is 0 Å². The van der Waals surface area contributed by atoms with Gasteiger partial charge in [-0.1, -0.05) is 0 Å². The van der Waals surface area contributed by atoms with E-state index >= 15 is 0 Å². The van der Waals surface area contributed by atoms with Crippen molar-refractivity contribution in [2.24, 2.45) is 0 Å². The fraction of sp³-hybridized carbons (Fsp3) is 0.462. The third-order valence-corrected chi connectivity index (χ3v) is 2.95. The van der Waals surface area contributed by atoms with Gasteiger partial charge in [0.05, 0.1) is 11.7 Å². The molecule has 1 saturated heterocycles. The molecule has 0 saturated carbocycles. The Hall–Kier alpha value is -1.29. The number of ketones is 1. The molecule has 1 aliphatic rings. The van der Waals surface area contributed by atoms with E-state index in [0.717, 1.165) is 37.6 Å². The minimum Gasteiger partial charge on any atom is -0.378 e. The molecule has 2 nitrogen and oxygen atoms in total. The Kier molecular flexibility index (Phi) is 3.84. The van der Waals surface area contributed by atoms with Gasteiger partial charge >= 0.3 is 0 Å². The number of carbonyl (C=O) groups is 1. The average Bonchev–Trinajstić information content (AvgIpc) is 2.82. The second kappa shape index (κ2) is 5.36. The van der Waals surface area contributed by atoms with Crippen molar-refractivity contribution < 1.29 is 18.3 Å². The largest absolute Gasteiger partial charge is 0.378 e. The predicted molar refractivity (Wildman–Crippen MR) is 58.9 cm³/mol. The van der Waals surface area contributed by atoms with Gasteiger partial charge in [-0.2, -0.15) is 0 Å². The highest BCUT2D eigenvalue weighted by molar-refractivity contribution is 5.96. The van der Waals surface area contributed by atoms with E-state index < -0.39 is 11.6 Å². The van der Waals surface area contributed by atoms with E-state index in [1.807, 2.05) is 0 Å². The van der Waals surface area contributed by atoms with Gasteiger partial charge in [-0.25, -0.2) is 8.78 Å². The molecule has 1 aliphatic heterocycles. The number of benzene rings is 1. The van der Waals surface area contributed by atoms with Gasteiger partial charge in [0, 0.05) is 13.0 Å². The lowest BCUT2D eigenvalue weighted by atomic mass is 10.0. The summed E-state index contributed by atoms with van der Waals surface area (Å²) in [6, 6.07) is 2.94. The Morgan fingerprint density at radius 2 is 2.24 bits per heavy atom. The summed E-state index contributed by atoms with van der Waals surface area (Å²) in [4.78, 5) is 11.7. The summed E-state index contributed by atoms with van der Waals surface area (Å²) in [5.41, 5.74) is -0.164. The van der Waals surface area contributed by atoms with E-state index in [1.54, 1.807) is 0 Å². The van der Waals surface area contributed by atoms with Crippen molar-refractivity contribution in [1.82, 2.24) is 0 Å². The third kappa shape index (κ3) is 3.09. The lowest BCUT2D eigenvalue weighted by molar-refractivity contribution is 0.0856. The van der Waals surface area contributed by atoms with Crippen LogP contribution in [0.1, 0.15) is 36.0 Å². The Bertz CT molecular complexity index is 412. The first-order chi connectivity index (χ1) is 8.16. The summed E-state index contributed by atoms with van der Waals surface area (Å²) in [5.74, 6) is -1.62. The van der Waals surface area contributed by atoms with Crippen LogP contribution in [0.3, 0.4) is 0 Å². The fourth-order valence-corrected chi connectivity index (χ4v) is 2.01. The number of halogens is 2. The first kappa shape index (κ1) is 12.2. The molecule has 1 unspecified atom stereocenters. The summed E-state index contributed by atoms with van der Waals surface area (Å²) < 4.78 is 31.6. The number of Topliss-reactive ketones (excluding diaryl/α,β-unsaturated/α-hetero) is 1. The second-order valence-electron chi connectivity index (χ2n) is 4.22. The highest BCUT2D eigenvalue weighted by atomic mass is 19.1. The van der Waals surface area contributed by atoms with Crippen LogP contribution in [0, 0.1) is 11.6 Å². The summed E-state index contributed by atoms with van der Waals surface area (Å²) in [7, 11) is 0. The maximum atomic E-state index is 13.3. The van der Waals surface area contributed by atoms with E-state index in [9.17, 15) is 13.6 Å². The van der Waals surface area contributed by atoms with Crippen LogP contribution in [0.2, 0.25) is 0 Å². The molecule has 0 bridgehead atoms. The van der Waals surface area contributed by atoms with Crippen LogP contribution in [-0.2, 0) is 4.74 Å². The van der Waals surface area contributed by atoms with Gasteiger partial charge in [-0.15, -0.1) is 0 Å². The van der Waals surface area contributed by atoms with Gasteiger partial charge in [0.2, 0.25) is 0 Å². The molecule has 0 aliphatic carbocycles. The Balaban J connectivity index is 1.96. The number of ether oxygens (including phenoxy) is 1. The van der Waals surface area contributed by atoms with Gasteiger partial charge in [0.15, 0.2) is 5.78 Å². The van der Waals surface area contributed by atoms with Crippen LogP contribution < -0.4 is 0 Å². The molecule has 4 heteroatoms. The maximum absolute atomic E-state index is 13.3. The Labute approximate surface area is 98.6 Å². The van der Waals surface area contributed by atoms with Crippen LogP contribution in [0.5, 0.6) is 0 Å². The van der Waals surface area contributed by atoms with Crippen molar-refractivity contribution in [1.29, 1.82) is 0 Å². The minimum absolute atomic E-state index is 0.0931. The predicted octanol–water partition coefficient (Wildman–Crippen LogP) is 3.11. The zero-order valence-corrected chi connectivity index (χ0v) is 9.42. The highest BCUT2D eigenvalue weighted by Gasteiger charge is 2.19. The van der Waals surface area contributed by atoms with Crippen molar-refractivity contribution in [2.45, 2.75) is 31.8 Å². The van der Waals surface area contributed by atoms with Crippen molar-refractivity contribution in [3.63, 3.8) is 0 Å². The molecule has 0 radical (unpaired) electrons. The van der Waals surface area contributed by atoms with E-state index in [2.05, 4.69) is 0 Å². The van der Waals surface area contributed by atoms with Crippen LogP contribution in [0.25, 0.3) is 0 Å². The topological polar surface area (TPSA) is 26.3 Å². The van der Waals surface area contributed by atoms with E-state index in [4.69, 9.17) is 4.74 Å². The minimum atomic E-state index is -0.663. The van der Waals surface area contributed by atoms with Crippen LogP contribution in [-0.4, -0.2) is 18.5 Å². The molecule has 0 N–H and O–H groups in total. The smallest absolute Gasteiger partial charge is 0.166 e. The van der Waals surface area contributed by atoms with E-state index in [0.29, 0.717) is 6.42 Å². The molecule has 92 valence electrons. The summed E-state index contributed by atoms with van der Waals surface area (Å²) in [5, 5.41) is 0. The Morgan fingerprint density at radius 1 is 1.41 bits per heavy atom. The molecule has 1 aromatic carbocycles. The number of rotatable bonds is 4. The van der Waals surface area contributed by atoms with Crippen molar-refractivity contribution in [2.75, 3.05) is 6.61 Å². The van der Waals surface area contributed by atoms with Crippen molar-refractivity contribution >= 4 is 5.78 Å². The molecule has 1 atom stereocenters. The summed E-state index contributed by atoms with van der Waals surface area (Å²) in [6.07, 6.45) is 2.82. The normalized spacial score (nSPS) is 19.5. The molecular weight excluding hydrogens is 226 g/mol. The van der Waals surface area contributed by atoms with Gasteiger partial charge in [0.1, 0.15) is 11.6 Å². The molecule has 2 rings (SSSR count). The Morgan fingerprint density at radius 3 is 2.94 bits per heavy atom. The average molecular weight is 240 g/mol. The molecule has 1 heterocycles. The first-order valence-corrected chi connectivity index (χ1v) is 5.76. The highest BCUT2D eigenvalue weighted by Crippen LogP contribution is 2.19. The van der Waals surface area contributed by atoms with Gasteiger partial charge in [-0.3, -0.25) is 4.79 Å². The molecule has 0 amide bonds. The zero-order chi connectivity index (χ0) is 12.3. The quantitative estimate of drug-likeness (QED) is 0.756. The van der Waals surface area contributed by atoms with Gasteiger partial charge in [-0.05, 0) is 37.5 Å². The molecule has 1 fully saturated rings. The van der Waals surface area contributed by atoms with Crippen LogP contribution >= 0.6 is 0 Å². The molecular formula is C13H14F2O2. The van der Waals surface area contributed by atoms with E-state index in [-0.39, 0.29) is 23.9 Å². The lowest BCUT2D eigenvalue weighted by Gasteiger charge is -2.08. The fourth-order valence-electron chi connectivity index (χ4n) is 2.01. The third-order valence-electron chi connectivity index (χ3n) is 2.95. The SMILES string of the molecule is O=C(CCC1CCCO1)c1cc(F)ccc1F. The lowest BCUT2D eigenvalue weighted by Crippen LogP contribution is -2.10. The standard InChI is InChI=1S/C13H14F2O2/c14-9-3-5-12(15)11(8-9)13(16)6-4-10-2-1-7-17-10/h3,5,8,10H,1-2,4,6-7H2. The monoisotopic (exact) mass is 240 g/mol. The van der Waals surface area contributed by atoms with Crippen molar-refractivity contribution in [3.05, 3.63) is 35.4 Å². The summed E-state index contributed by atoms with van der Waals surface area (Å²) in [6.45, 7) is 0.729. The molecule has 1 aromatic rings. The molecule has 0 aromatic heterocycles. The van der Waals surface area contributed by atoms with Crippen molar-refractivity contribution in [3.8, 4) is 0 Å². The first-order valence-electron chi connectivity index (χ1n) is 5.76. The summed E-state index contributed by atoms with van der Waals surface area (Å²) >= 11 is 0. The van der Waals surface area contributed by atoms with Crippen LogP contribution in [0.4, 0.5) is 8.78 Å². The van der Waals surface area contributed by atoms with E-state index in [1.165, 1.54) is 0 Å². The maximum Gasteiger partial charge on any atom is 0.166 e. The molecule has 0 spiro atoms.